The molecule has 2 aliphatic heterocycles. The Kier molecular flexibility index (Phi) is 4.27. The number of benzene rings is 1. The van der Waals surface area contributed by atoms with Gasteiger partial charge in [0.15, 0.2) is 0 Å². The van der Waals surface area contributed by atoms with Gasteiger partial charge in [-0.2, -0.15) is 0 Å². The minimum Gasteiger partial charge on any atom is -0.374 e. The summed E-state index contributed by atoms with van der Waals surface area (Å²) < 4.78 is 0. The van der Waals surface area contributed by atoms with Gasteiger partial charge in [-0.1, -0.05) is 18.6 Å². The van der Waals surface area contributed by atoms with E-state index >= 15 is 0 Å². The molecule has 1 aromatic rings. The number of piperidine rings is 1. The van der Waals surface area contributed by atoms with E-state index in [0.717, 1.165) is 26.1 Å². The average Bonchev–Trinajstić information content (AvgIpc) is 2.82. The Morgan fingerprint density at radius 2 is 2.15 bits per heavy atom. The molecule has 2 heterocycles. The van der Waals surface area contributed by atoms with Crippen LogP contribution in [-0.2, 0) is 13.0 Å². The van der Waals surface area contributed by atoms with Crippen molar-refractivity contribution < 1.29 is 0 Å². The summed E-state index contributed by atoms with van der Waals surface area (Å²) in [5.41, 5.74) is 10.2. The zero-order chi connectivity index (χ0) is 13.9. The highest BCUT2D eigenvalue weighted by Gasteiger charge is 2.22. The maximum atomic E-state index is 5.77. The van der Waals surface area contributed by atoms with E-state index in [2.05, 4.69) is 35.0 Å². The monoisotopic (exact) mass is 273 g/mol. The van der Waals surface area contributed by atoms with Crippen LogP contribution >= 0.6 is 0 Å². The molecular formula is C17H27N3. The van der Waals surface area contributed by atoms with E-state index in [1.165, 1.54) is 49.0 Å². The minimum atomic E-state index is 0.699. The number of nitrogens with two attached hydrogens (primary N) is 1. The molecule has 0 aromatic heterocycles. The second-order valence-electron chi connectivity index (χ2n) is 6.33. The smallest absolute Gasteiger partial charge is 0.0397 e. The van der Waals surface area contributed by atoms with Crippen LogP contribution < -0.4 is 10.6 Å². The van der Waals surface area contributed by atoms with Gasteiger partial charge in [0, 0.05) is 31.9 Å². The molecule has 0 saturated carbocycles. The van der Waals surface area contributed by atoms with Crippen LogP contribution in [0.1, 0.15) is 36.8 Å². The lowest BCUT2D eigenvalue weighted by atomic mass is 9.98. The fourth-order valence-corrected chi connectivity index (χ4v) is 3.74. The van der Waals surface area contributed by atoms with Crippen molar-refractivity contribution in [1.82, 2.24) is 4.90 Å². The molecule has 1 fully saturated rings. The van der Waals surface area contributed by atoms with Crippen LogP contribution in [0.2, 0.25) is 0 Å². The summed E-state index contributed by atoms with van der Waals surface area (Å²) in [6, 6.07) is 7.74. The van der Waals surface area contributed by atoms with Gasteiger partial charge in [0.05, 0.1) is 0 Å². The van der Waals surface area contributed by atoms with Gasteiger partial charge in [-0.3, -0.25) is 4.90 Å². The molecule has 110 valence electrons. The van der Waals surface area contributed by atoms with Crippen LogP contribution in [0.3, 0.4) is 0 Å². The lowest BCUT2D eigenvalue weighted by molar-refractivity contribution is 0.134. The van der Waals surface area contributed by atoms with Crippen molar-refractivity contribution in [2.45, 2.75) is 44.7 Å². The van der Waals surface area contributed by atoms with Gasteiger partial charge in [0.2, 0.25) is 0 Å². The molecule has 3 nitrogen and oxygen atoms in total. The molecule has 0 spiro atoms. The maximum Gasteiger partial charge on any atom is 0.0397 e. The van der Waals surface area contributed by atoms with E-state index < -0.39 is 0 Å². The number of fused-ring (bicyclic) bond motifs is 1. The van der Waals surface area contributed by atoms with Crippen molar-refractivity contribution >= 4 is 5.69 Å². The molecular weight excluding hydrogens is 246 g/mol. The van der Waals surface area contributed by atoms with Crippen LogP contribution in [0.4, 0.5) is 5.69 Å². The first-order chi connectivity index (χ1) is 9.78. The molecule has 2 N–H and O–H groups in total. The molecule has 3 rings (SSSR count). The van der Waals surface area contributed by atoms with Crippen molar-refractivity contribution in [3.8, 4) is 0 Å². The Hall–Kier alpha value is -1.06. The Morgan fingerprint density at radius 3 is 3.00 bits per heavy atom. The highest BCUT2D eigenvalue weighted by Crippen LogP contribution is 2.29. The first-order valence-electron chi connectivity index (χ1n) is 8.05. The molecule has 1 unspecified atom stereocenters. The molecule has 0 amide bonds. The Balaban J connectivity index is 1.70. The third-order valence-electron chi connectivity index (χ3n) is 4.91. The molecule has 0 radical (unpaired) electrons. The molecule has 2 aliphatic rings. The summed E-state index contributed by atoms with van der Waals surface area (Å²) in [6.07, 6.45) is 6.38. The number of likely N-dealkylation sites (tertiary alicyclic amines) is 1. The molecule has 1 aromatic carbocycles. The Morgan fingerprint density at radius 1 is 1.25 bits per heavy atom. The third kappa shape index (κ3) is 2.84. The van der Waals surface area contributed by atoms with Crippen LogP contribution in [-0.4, -0.2) is 37.6 Å². The van der Waals surface area contributed by atoms with Gasteiger partial charge < -0.3 is 10.6 Å². The van der Waals surface area contributed by atoms with E-state index in [9.17, 15) is 0 Å². The van der Waals surface area contributed by atoms with Crippen molar-refractivity contribution in [1.29, 1.82) is 0 Å². The van der Waals surface area contributed by atoms with E-state index in [4.69, 9.17) is 5.73 Å². The first-order valence-corrected chi connectivity index (χ1v) is 8.05. The van der Waals surface area contributed by atoms with Crippen LogP contribution in [0.5, 0.6) is 0 Å². The second kappa shape index (κ2) is 6.15. The van der Waals surface area contributed by atoms with E-state index in [0.29, 0.717) is 6.04 Å². The zero-order valence-electron chi connectivity index (χ0n) is 12.6. The number of likely N-dealkylation sites (N-methyl/N-ethyl adjacent to an activating group) is 1. The molecule has 3 heteroatoms. The highest BCUT2D eigenvalue weighted by atomic mass is 15.2. The van der Waals surface area contributed by atoms with Gasteiger partial charge in [-0.15, -0.1) is 0 Å². The highest BCUT2D eigenvalue weighted by molar-refractivity contribution is 5.58. The fourth-order valence-electron chi connectivity index (χ4n) is 3.74. The summed E-state index contributed by atoms with van der Waals surface area (Å²) in [5.74, 6) is 0. The van der Waals surface area contributed by atoms with E-state index in [1.54, 1.807) is 0 Å². The lowest BCUT2D eigenvalue weighted by Crippen LogP contribution is -2.40. The summed E-state index contributed by atoms with van der Waals surface area (Å²) >= 11 is 0. The molecule has 1 saturated heterocycles. The van der Waals surface area contributed by atoms with Gasteiger partial charge in [-0.05, 0) is 56.0 Å². The van der Waals surface area contributed by atoms with Gasteiger partial charge >= 0.3 is 0 Å². The summed E-state index contributed by atoms with van der Waals surface area (Å²) in [4.78, 5) is 5.01. The summed E-state index contributed by atoms with van der Waals surface area (Å²) in [5, 5.41) is 0. The Bertz CT molecular complexity index is 456. The predicted octanol–water partition coefficient (Wildman–Crippen LogP) is 2.38. The first kappa shape index (κ1) is 13.9. The van der Waals surface area contributed by atoms with E-state index in [-0.39, 0.29) is 0 Å². The number of hydrogen-bond donors (Lipinski definition) is 1. The normalized spacial score (nSPS) is 23.1. The number of nitrogens with zero attached hydrogens (tertiary/aromatic N) is 2. The maximum absolute atomic E-state index is 5.77. The SMILES string of the molecule is CN1CCc2cc(CN3CCCCC3CCN)ccc21. The quantitative estimate of drug-likeness (QED) is 0.914. The fraction of sp³-hybridized carbons (Fsp3) is 0.647. The average molecular weight is 273 g/mol. The molecule has 20 heavy (non-hydrogen) atoms. The lowest BCUT2D eigenvalue weighted by Gasteiger charge is -2.35. The second-order valence-corrected chi connectivity index (χ2v) is 6.33. The van der Waals surface area contributed by atoms with Crippen LogP contribution in [0.15, 0.2) is 18.2 Å². The van der Waals surface area contributed by atoms with Crippen molar-refractivity contribution in [2.24, 2.45) is 5.73 Å². The standard InChI is InChI=1S/C17H27N3/c1-19-11-8-15-12-14(5-6-17(15)19)13-20-10-3-2-4-16(20)7-9-18/h5-6,12,16H,2-4,7-11,13,18H2,1H3. The zero-order valence-corrected chi connectivity index (χ0v) is 12.6. The molecule has 0 bridgehead atoms. The predicted molar refractivity (Wildman–Crippen MR) is 85.1 cm³/mol. The largest absolute Gasteiger partial charge is 0.374 e. The number of rotatable bonds is 4. The summed E-state index contributed by atoms with van der Waals surface area (Å²) in [7, 11) is 2.19. The third-order valence-corrected chi connectivity index (χ3v) is 4.91. The summed E-state index contributed by atoms with van der Waals surface area (Å²) in [6.45, 7) is 4.32. The Labute approximate surface area is 122 Å². The number of hydrogen-bond acceptors (Lipinski definition) is 3. The van der Waals surface area contributed by atoms with Crippen molar-refractivity contribution in [3.63, 3.8) is 0 Å². The number of anilines is 1. The van der Waals surface area contributed by atoms with Crippen LogP contribution in [0, 0.1) is 0 Å². The van der Waals surface area contributed by atoms with Crippen molar-refractivity contribution in [2.75, 3.05) is 31.6 Å². The molecule has 1 atom stereocenters. The minimum absolute atomic E-state index is 0.699. The van der Waals surface area contributed by atoms with Gasteiger partial charge in [0.25, 0.3) is 0 Å². The van der Waals surface area contributed by atoms with E-state index in [1.807, 2.05) is 0 Å². The van der Waals surface area contributed by atoms with Gasteiger partial charge in [0.1, 0.15) is 0 Å². The van der Waals surface area contributed by atoms with Crippen molar-refractivity contribution in [3.05, 3.63) is 29.3 Å². The van der Waals surface area contributed by atoms with Crippen LogP contribution in [0.25, 0.3) is 0 Å². The topological polar surface area (TPSA) is 32.5 Å². The molecule has 0 aliphatic carbocycles. The van der Waals surface area contributed by atoms with Gasteiger partial charge in [-0.25, -0.2) is 0 Å².